The predicted molar refractivity (Wildman–Crippen MR) is 144 cm³/mol. The lowest BCUT2D eigenvalue weighted by molar-refractivity contribution is -0.114. The van der Waals surface area contributed by atoms with E-state index in [4.69, 9.17) is 21.4 Å². The molecule has 1 aliphatic heterocycles. The standard InChI is InChI=1S/C30H21ClN2O4/c31-26-18-21(13-16-27(26)37-19-20-11-14-23(15-12-20)30(35)36)17-25-28(22-7-3-1-4-8-22)32-33(29(25)34)24-9-5-2-6-10-24/h1-18H,19H2,(H,35,36)/b25-17-. The van der Waals surface area contributed by atoms with Crippen molar-refractivity contribution in [1.82, 2.24) is 0 Å². The van der Waals surface area contributed by atoms with Crippen molar-refractivity contribution in [1.29, 1.82) is 0 Å². The van der Waals surface area contributed by atoms with Crippen LogP contribution in [0.2, 0.25) is 5.02 Å². The number of para-hydroxylation sites is 1. The van der Waals surface area contributed by atoms with Crippen LogP contribution in [0.3, 0.4) is 0 Å². The number of carbonyl (C=O) groups excluding carboxylic acids is 1. The van der Waals surface area contributed by atoms with Gasteiger partial charge in [-0.3, -0.25) is 4.79 Å². The van der Waals surface area contributed by atoms with E-state index in [1.165, 1.54) is 17.1 Å². The third-order valence-electron chi connectivity index (χ3n) is 5.79. The maximum Gasteiger partial charge on any atom is 0.335 e. The Morgan fingerprint density at radius 2 is 1.59 bits per heavy atom. The van der Waals surface area contributed by atoms with E-state index in [1.807, 2.05) is 66.7 Å². The number of amides is 1. The maximum absolute atomic E-state index is 13.4. The number of hydrogen-bond donors (Lipinski definition) is 1. The molecule has 4 aromatic carbocycles. The van der Waals surface area contributed by atoms with Crippen molar-refractivity contribution in [3.63, 3.8) is 0 Å². The molecule has 1 N–H and O–H groups in total. The molecule has 0 saturated carbocycles. The summed E-state index contributed by atoms with van der Waals surface area (Å²) in [6.45, 7) is 0.232. The number of carbonyl (C=O) groups is 2. The fourth-order valence-corrected chi connectivity index (χ4v) is 4.14. The summed E-state index contributed by atoms with van der Waals surface area (Å²) in [5.74, 6) is -0.730. The van der Waals surface area contributed by atoms with Crippen LogP contribution in [0.25, 0.3) is 6.08 Å². The highest BCUT2D eigenvalue weighted by molar-refractivity contribution is 6.37. The highest BCUT2D eigenvalue weighted by atomic mass is 35.5. The lowest BCUT2D eigenvalue weighted by Crippen LogP contribution is -2.21. The minimum Gasteiger partial charge on any atom is -0.487 e. The van der Waals surface area contributed by atoms with Gasteiger partial charge in [0.25, 0.3) is 5.91 Å². The van der Waals surface area contributed by atoms with Crippen LogP contribution in [0.5, 0.6) is 5.75 Å². The van der Waals surface area contributed by atoms with E-state index >= 15 is 0 Å². The van der Waals surface area contributed by atoms with Crippen LogP contribution in [-0.2, 0) is 11.4 Å². The zero-order valence-corrected chi connectivity index (χ0v) is 20.3. The summed E-state index contributed by atoms with van der Waals surface area (Å²) in [4.78, 5) is 24.4. The third-order valence-corrected chi connectivity index (χ3v) is 6.08. The van der Waals surface area contributed by atoms with E-state index in [2.05, 4.69) is 5.10 Å². The number of hydrazone groups is 1. The van der Waals surface area contributed by atoms with Crippen LogP contribution in [0.4, 0.5) is 5.69 Å². The molecule has 0 aromatic heterocycles. The first-order valence-corrected chi connectivity index (χ1v) is 11.9. The van der Waals surface area contributed by atoms with Crippen molar-refractivity contribution in [2.75, 3.05) is 5.01 Å². The van der Waals surface area contributed by atoms with E-state index in [0.29, 0.717) is 27.7 Å². The Morgan fingerprint density at radius 1 is 0.919 bits per heavy atom. The van der Waals surface area contributed by atoms with E-state index in [1.54, 1.807) is 30.3 Å². The Balaban J connectivity index is 1.40. The first-order chi connectivity index (χ1) is 18.0. The van der Waals surface area contributed by atoms with E-state index in [0.717, 1.165) is 16.7 Å². The molecule has 1 aliphatic rings. The number of carboxylic acids is 1. The molecule has 0 spiro atoms. The van der Waals surface area contributed by atoms with Gasteiger partial charge in [-0.15, -0.1) is 0 Å². The predicted octanol–water partition coefficient (Wildman–Crippen LogP) is 6.45. The lowest BCUT2D eigenvalue weighted by atomic mass is 10.0. The average Bonchev–Trinajstić information content (AvgIpc) is 3.25. The monoisotopic (exact) mass is 508 g/mol. The van der Waals surface area contributed by atoms with Crippen LogP contribution in [0, 0.1) is 0 Å². The molecule has 0 aliphatic carbocycles. The Morgan fingerprint density at radius 3 is 2.24 bits per heavy atom. The van der Waals surface area contributed by atoms with Crippen LogP contribution in [0.1, 0.15) is 27.0 Å². The number of anilines is 1. The Bertz CT molecular complexity index is 1510. The third kappa shape index (κ3) is 5.29. The molecule has 0 bridgehead atoms. The summed E-state index contributed by atoms with van der Waals surface area (Å²) in [5.41, 5.74) is 4.31. The Hall–Kier alpha value is -4.68. The van der Waals surface area contributed by atoms with Gasteiger partial charge in [0.2, 0.25) is 0 Å². The first kappa shape index (κ1) is 24.0. The molecule has 0 unspecified atom stereocenters. The van der Waals surface area contributed by atoms with Crippen molar-refractivity contribution in [2.24, 2.45) is 5.10 Å². The van der Waals surface area contributed by atoms with Gasteiger partial charge < -0.3 is 9.84 Å². The molecule has 0 radical (unpaired) electrons. The Kier molecular flexibility index (Phi) is 6.83. The zero-order chi connectivity index (χ0) is 25.8. The summed E-state index contributed by atoms with van der Waals surface area (Å²) in [6.07, 6.45) is 1.78. The van der Waals surface area contributed by atoms with Crippen LogP contribution in [0.15, 0.2) is 114 Å². The molecule has 6 nitrogen and oxygen atoms in total. The van der Waals surface area contributed by atoms with Crippen LogP contribution < -0.4 is 9.75 Å². The summed E-state index contributed by atoms with van der Waals surface area (Å²) in [7, 11) is 0. The molecule has 1 heterocycles. The van der Waals surface area contributed by atoms with Gasteiger partial charge in [0.05, 0.1) is 21.8 Å². The average molecular weight is 509 g/mol. The number of nitrogens with zero attached hydrogens (tertiary/aromatic N) is 2. The topological polar surface area (TPSA) is 79.2 Å². The van der Waals surface area contributed by atoms with Gasteiger partial charge in [-0.2, -0.15) is 10.1 Å². The number of carboxylic acid groups (broad SMARTS) is 1. The fraction of sp³-hybridized carbons (Fsp3) is 0.0333. The van der Waals surface area contributed by atoms with Gasteiger partial charge in [0, 0.05) is 5.56 Å². The normalized spacial score (nSPS) is 14.1. The molecule has 4 aromatic rings. The SMILES string of the molecule is O=C(O)c1ccc(COc2ccc(/C=C3\C(=O)N(c4ccccc4)N=C3c3ccccc3)cc2Cl)cc1. The smallest absolute Gasteiger partial charge is 0.335 e. The number of hydrogen-bond acceptors (Lipinski definition) is 4. The molecule has 0 saturated heterocycles. The number of benzene rings is 4. The summed E-state index contributed by atoms with van der Waals surface area (Å²) >= 11 is 6.50. The molecule has 0 fully saturated rings. The molecule has 182 valence electrons. The maximum atomic E-state index is 13.4. The summed E-state index contributed by atoms with van der Waals surface area (Å²) in [5, 5.41) is 15.5. The van der Waals surface area contributed by atoms with Gasteiger partial charge in [-0.1, -0.05) is 78.3 Å². The van der Waals surface area contributed by atoms with Crippen molar-refractivity contribution in [2.45, 2.75) is 6.61 Å². The fourth-order valence-electron chi connectivity index (χ4n) is 3.89. The van der Waals surface area contributed by atoms with Gasteiger partial charge in [-0.05, 0) is 53.6 Å². The van der Waals surface area contributed by atoms with Crippen LogP contribution in [-0.4, -0.2) is 22.7 Å². The highest BCUT2D eigenvalue weighted by Crippen LogP contribution is 2.31. The van der Waals surface area contributed by atoms with Crippen molar-refractivity contribution in [3.8, 4) is 5.75 Å². The molecule has 0 atom stereocenters. The second kappa shape index (κ2) is 10.5. The number of halogens is 1. The minimum absolute atomic E-state index is 0.213. The van der Waals surface area contributed by atoms with E-state index < -0.39 is 5.97 Å². The van der Waals surface area contributed by atoms with Gasteiger partial charge in [0.15, 0.2) is 0 Å². The highest BCUT2D eigenvalue weighted by Gasteiger charge is 2.32. The quantitative estimate of drug-likeness (QED) is 0.291. The van der Waals surface area contributed by atoms with E-state index in [9.17, 15) is 9.59 Å². The largest absolute Gasteiger partial charge is 0.487 e. The first-order valence-electron chi connectivity index (χ1n) is 11.5. The molecule has 5 rings (SSSR count). The Labute approximate surface area is 218 Å². The van der Waals surface area contributed by atoms with Gasteiger partial charge in [0.1, 0.15) is 18.1 Å². The minimum atomic E-state index is -0.978. The van der Waals surface area contributed by atoms with Gasteiger partial charge >= 0.3 is 5.97 Å². The second-order valence-electron chi connectivity index (χ2n) is 8.31. The van der Waals surface area contributed by atoms with Crippen molar-refractivity contribution < 1.29 is 19.4 Å². The molecular formula is C30H21ClN2O4. The number of rotatable bonds is 7. The molecular weight excluding hydrogens is 488 g/mol. The lowest BCUT2D eigenvalue weighted by Gasteiger charge is -2.11. The molecule has 7 heteroatoms. The summed E-state index contributed by atoms with van der Waals surface area (Å²) < 4.78 is 5.84. The molecule has 37 heavy (non-hydrogen) atoms. The van der Waals surface area contributed by atoms with E-state index in [-0.39, 0.29) is 18.1 Å². The number of aromatic carboxylic acids is 1. The van der Waals surface area contributed by atoms with Crippen molar-refractivity contribution in [3.05, 3.63) is 136 Å². The second-order valence-corrected chi connectivity index (χ2v) is 8.71. The van der Waals surface area contributed by atoms with Crippen molar-refractivity contribution >= 4 is 41.0 Å². The molecule has 1 amide bonds. The van der Waals surface area contributed by atoms with Gasteiger partial charge in [-0.25, -0.2) is 4.79 Å². The van der Waals surface area contributed by atoms with Crippen LogP contribution >= 0.6 is 11.6 Å². The number of ether oxygens (including phenoxy) is 1. The zero-order valence-electron chi connectivity index (χ0n) is 19.5. The summed E-state index contributed by atoms with van der Waals surface area (Å²) in [6, 6.07) is 30.6.